The van der Waals surface area contributed by atoms with Crippen molar-refractivity contribution in [2.45, 2.75) is 70.6 Å². The van der Waals surface area contributed by atoms with E-state index in [1.165, 1.54) is 80.1 Å². The molecule has 3 aromatic carbocycles. The molecular weight excluding hydrogens is 543 g/mol. The second kappa shape index (κ2) is 15.8. The van der Waals surface area contributed by atoms with E-state index in [0.717, 1.165) is 17.9 Å². The van der Waals surface area contributed by atoms with Crippen molar-refractivity contribution in [2.75, 3.05) is 11.5 Å². The molecule has 0 heterocycles. The standard InChI is InChI=1S/C33H43BrClP/c34-29-21-10-8-6-4-2-1-3-5-7-9-11-22-30-36(35,31-23-15-12-16-24-31,32-25-17-13-18-26-32)33-27-19-14-20-28-33/h11-20,22-28H,1-10,21,29-30H2. The SMILES string of the molecule is ClP(CC=CCCCCCCCCCCCCBr)(c1ccccc1)(c1ccccc1)c1ccccc1. The van der Waals surface area contributed by atoms with Crippen LogP contribution in [0.2, 0.25) is 0 Å². The van der Waals surface area contributed by atoms with E-state index in [9.17, 15) is 0 Å². The first-order chi connectivity index (χ1) is 17.7. The zero-order valence-corrected chi connectivity index (χ0v) is 24.9. The fourth-order valence-corrected chi connectivity index (χ4v) is 11.2. The van der Waals surface area contributed by atoms with Crippen LogP contribution >= 0.6 is 33.1 Å². The van der Waals surface area contributed by atoms with Crippen molar-refractivity contribution < 1.29 is 0 Å². The molecule has 0 amide bonds. The van der Waals surface area contributed by atoms with Gasteiger partial charge in [0, 0.05) is 5.33 Å². The molecule has 0 unspecified atom stereocenters. The van der Waals surface area contributed by atoms with Crippen LogP contribution < -0.4 is 15.9 Å². The number of halogens is 2. The average Bonchev–Trinajstić information content (AvgIpc) is 2.94. The Morgan fingerprint density at radius 2 is 0.861 bits per heavy atom. The Balaban J connectivity index is 1.61. The molecule has 0 saturated heterocycles. The third-order valence-electron chi connectivity index (χ3n) is 7.25. The van der Waals surface area contributed by atoms with Crippen molar-refractivity contribution in [1.82, 2.24) is 0 Å². The molecule has 0 aliphatic rings. The summed E-state index contributed by atoms with van der Waals surface area (Å²) in [7, 11) is 0. The number of unbranched alkanes of at least 4 members (excludes halogenated alkanes) is 10. The molecule has 0 N–H and O–H groups in total. The number of benzene rings is 3. The minimum atomic E-state index is -3.16. The van der Waals surface area contributed by atoms with Crippen LogP contribution in [0.4, 0.5) is 0 Å². The number of alkyl halides is 1. The van der Waals surface area contributed by atoms with Crippen LogP contribution in [0.5, 0.6) is 0 Å². The van der Waals surface area contributed by atoms with Crippen LogP contribution in [-0.4, -0.2) is 11.5 Å². The Morgan fingerprint density at radius 1 is 0.500 bits per heavy atom. The first-order valence-electron chi connectivity index (χ1n) is 13.8. The summed E-state index contributed by atoms with van der Waals surface area (Å²) >= 11 is 11.6. The van der Waals surface area contributed by atoms with Crippen LogP contribution in [0.25, 0.3) is 0 Å². The normalized spacial score (nSPS) is 13.0. The molecule has 0 spiro atoms. The molecule has 0 aromatic heterocycles. The summed E-state index contributed by atoms with van der Waals surface area (Å²) in [6.07, 6.45) is 20.4. The molecular formula is C33H43BrClP. The molecule has 3 heteroatoms. The Labute approximate surface area is 233 Å². The average molecular weight is 586 g/mol. The van der Waals surface area contributed by atoms with Gasteiger partial charge in [0.15, 0.2) is 0 Å². The topological polar surface area (TPSA) is 0 Å². The van der Waals surface area contributed by atoms with Gasteiger partial charge in [-0.2, -0.15) is 0 Å². The van der Waals surface area contributed by atoms with Crippen LogP contribution in [0, 0.1) is 0 Å². The van der Waals surface area contributed by atoms with Crippen molar-refractivity contribution in [2.24, 2.45) is 0 Å². The summed E-state index contributed by atoms with van der Waals surface area (Å²) in [5.41, 5.74) is 0. The Kier molecular flexibility index (Phi) is 12.8. The summed E-state index contributed by atoms with van der Waals surface area (Å²) in [5, 5.41) is 4.86. The van der Waals surface area contributed by atoms with Gasteiger partial charge in [0.1, 0.15) is 0 Å². The Hall–Kier alpha value is -1.40. The summed E-state index contributed by atoms with van der Waals surface area (Å²) in [6, 6.07) is 32.3. The van der Waals surface area contributed by atoms with Gasteiger partial charge in [-0.05, 0) is 6.42 Å². The summed E-state index contributed by atoms with van der Waals surface area (Å²) in [6.45, 7) is 0. The fraction of sp³-hybridized carbons (Fsp3) is 0.394. The Bertz CT molecular complexity index is 904. The van der Waals surface area contributed by atoms with E-state index in [1.54, 1.807) is 0 Å². The molecule has 36 heavy (non-hydrogen) atoms. The summed E-state index contributed by atoms with van der Waals surface area (Å²) in [5.74, 6) is -3.16. The van der Waals surface area contributed by atoms with Crippen LogP contribution in [0.3, 0.4) is 0 Å². The molecule has 0 saturated carbocycles. The van der Waals surface area contributed by atoms with E-state index in [4.69, 9.17) is 11.2 Å². The van der Waals surface area contributed by atoms with Gasteiger partial charge in [0.05, 0.1) is 0 Å². The first-order valence-corrected chi connectivity index (χ1v) is 18.3. The van der Waals surface area contributed by atoms with Crippen molar-refractivity contribution >= 4 is 49.0 Å². The summed E-state index contributed by atoms with van der Waals surface area (Å²) in [4.78, 5) is 0. The molecule has 194 valence electrons. The quantitative estimate of drug-likeness (QED) is 0.0640. The fourth-order valence-electron chi connectivity index (χ4n) is 5.14. The zero-order valence-electron chi connectivity index (χ0n) is 21.7. The molecule has 0 nitrogen and oxygen atoms in total. The molecule has 0 aliphatic heterocycles. The van der Waals surface area contributed by atoms with Crippen LogP contribution in [-0.2, 0) is 0 Å². The van der Waals surface area contributed by atoms with Gasteiger partial charge in [0.25, 0.3) is 0 Å². The maximum atomic E-state index is 8.10. The molecule has 3 rings (SSSR count). The molecule has 0 aliphatic carbocycles. The van der Waals surface area contributed by atoms with Crippen LogP contribution in [0.1, 0.15) is 70.6 Å². The number of rotatable bonds is 17. The molecule has 0 bridgehead atoms. The van der Waals surface area contributed by atoms with Crippen molar-refractivity contribution in [3.05, 3.63) is 103 Å². The van der Waals surface area contributed by atoms with E-state index in [2.05, 4.69) is 119 Å². The number of allylic oxidation sites excluding steroid dienone is 2. The predicted octanol–water partition coefficient (Wildman–Crippen LogP) is 9.91. The van der Waals surface area contributed by atoms with Gasteiger partial charge in [-0.25, -0.2) is 0 Å². The van der Waals surface area contributed by atoms with Gasteiger partial charge >= 0.3 is 200 Å². The zero-order chi connectivity index (χ0) is 25.4. The van der Waals surface area contributed by atoms with Gasteiger partial charge in [-0.1, -0.05) is 22.4 Å². The third kappa shape index (κ3) is 7.80. The van der Waals surface area contributed by atoms with Gasteiger partial charge < -0.3 is 0 Å². The van der Waals surface area contributed by atoms with Crippen molar-refractivity contribution in [3.8, 4) is 0 Å². The third-order valence-corrected chi connectivity index (χ3v) is 15.0. The molecule has 0 fully saturated rings. The van der Waals surface area contributed by atoms with Gasteiger partial charge in [-0.3, -0.25) is 0 Å². The first kappa shape index (κ1) is 29.2. The van der Waals surface area contributed by atoms with Gasteiger partial charge in [-0.15, -0.1) is 0 Å². The van der Waals surface area contributed by atoms with E-state index >= 15 is 0 Å². The number of hydrogen-bond donors (Lipinski definition) is 0. The monoisotopic (exact) mass is 584 g/mol. The van der Waals surface area contributed by atoms with E-state index < -0.39 is 5.96 Å². The minimum absolute atomic E-state index is 0.834. The molecule has 3 aromatic rings. The second-order valence-electron chi connectivity index (χ2n) is 9.86. The second-order valence-corrected chi connectivity index (χ2v) is 17.2. The molecule has 0 atom stereocenters. The van der Waals surface area contributed by atoms with Crippen LogP contribution in [0.15, 0.2) is 103 Å². The van der Waals surface area contributed by atoms with E-state index in [-0.39, 0.29) is 0 Å². The number of hydrogen-bond acceptors (Lipinski definition) is 0. The maximum absolute atomic E-state index is 8.10. The molecule has 0 radical (unpaired) electrons. The predicted molar refractivity (Wildman–Crippen MR) is 170 cm³/mol. The van der Waals surface area contributed by atoms with E-state index in [1.807, 2.05) is 0 Å². The summed E-state index contributed by atoms with van der Waals surface area (Å²) < 4.78 is 0. The Morgan fingerprint density at radius 3 is 1.25 bits per heavy atom. The van der Waals surface area contributed by atoms with Crippen molar-refractivity contribution in [1.29, 1.82) is 0 Å². The van der Waals surface area contributed by atoms with Gasteiger partial charge in [0.2, 0.25) is 0 Å². The van der Waals surface area contributed by atoms with E-state index in [0.29, 0.717) is 0 Å². The van der Waals surface area contributed by atoms with Crippen molar-refractivity contribution in [3.63, 3.8) is 0 Å².